The van der Waals surface area contributed by atoms with Crippen LogP contribution in [0.1, 0.15) is 23.6 Å². The summed E-state index contributed by atoms with van der Waals surface area (Å²) in [7, 11) is 0. The molecule has 0 aromatic heterocycles. The van der Waals surface area contributed by atoms with Gasteiger partial charge in [-0.3, -0.25) is 0 Å². The van der Waals surface area contributed by atoms with Gasteiger partial charge in [-0.25, -0.2) is 0 Å². The lowest BCUT2D eigenvalue weighted by molar-refractivity contribution is -0.336. The smallest absolute Gasteiger partial charge is 0.192 e. The predicted molar refractivity (Wildman–Crippen MR) is 122 cm³/mol. The molecule has 0 spiro atoms. The minimum absolute atomic E-state index is 0.213. The summed E-state index contributed by atoms with van der Waals surface area (Å²) < 4.78 is 24.5. The molecule has 0 amide bonds. The van der Waals surface area contributed by atoms with Crippen LogP contribution in [0.5, 0.6) is 0 Å². The zero-order valence-electron chi connectivity index (χ0n) is 18.3. The number of hydrogen-bond acceptors (Lipinski definition) is 5. The van der Waals surface area contributed by atoms with E-state index in [2.05, 4.69) is 0 Å². The normalized spacial score (nSPS) is 25.5. The Labute approximate surface area is 189 Å². The first-order valence-corrected chi connectivity index (χ1v) is 10.9. The maximum atomic E-state index is 11.0. The van der Waals surface area contributed by atoms with Gasteiger partial charge >= 0.3 is 0 Å². The molecule has 3 aromatic carbocycles. The Morgan fingerprint density at radius 1 is 0.719 bits per heavy atom. The monoisotopic (exact) mass is 434 g/mol. The van der Waals surface area contributed by atoms with Crippen molar-refractivity contribution in [2.24, 2.45) is 0 Å². The van der Waals surface area contributed by atoms with Crippen LogP contribution in [0.3, 0.4) is 0 Å². The molecule has 1 aliphatic rings. The van der Waals surface area contributed by atoms with E-state index in [1.807, 2.05) is 91.0 Å². The van der Waals surface area contributed by atoms with E-state index in [1.165, 1.54) is 0 Å². The SMILES string of the molecule is CC1(O)OC[C@H](OCc2ccccc2)[C@H](OCc2ccccc2)[C@H]1OCc1ccccc1. The summed E-state index contributed by atoms with van der Waals surface area (Å²) in [4.78, 5) is 0. The Morgan fingerprint density at radius 2 is 1.16 bits per heavy atom. The first kappa shape index (κ1) is 22.6. The molecular formula is C27H30O5. The van der Waals surface area contributed by atoms with Crippen LogP contribution in [0, 0.1) is 0 Å². The highest BCUT2D eigenvalue weighted by atomic mass is 16.7. The predicted octanol–water partition coefficient (Wildman–Crippen LogP) is 4.48. The summed E-state index contributed by atoms with van der Waals surface area (Å²) in [5, 5.41) is 11.0. The summed E-state index contributed by atoms with van der Waals surface area (Å²) in [6.07, 6.45) is -1.62. The van der Waals surface area contributed by atoms with Gasteiger partial charge in [0.05, 0.1) is 26.4 Å². The summed E-state index contributed by atoms with van der Waals surface area (Å²) in [6, 6.07) is 29.8. The summed E-state index contributed by atoms with van der Waals surface area (Å²) in [5.74, 6) is -1.50. The molecule has 0 aliphatic carbocycles. The zero-order valence-corrected chi connectivity index (χ0v) is 18.3. The van der Waals surface area contributed by atoms with Gasteiger partial charge in [0.2, 0.25) is 0 Å². The molecule has 3 aromatic rings. The number of hydrogen-bond donors (Lipinski definition) is 1. The van der Waals surface area contributed by atoms with E-state index in [0.29, 0.717) is 19.8 Å². The number of aliphatic hydroxyl groups is 1. The van der Waals surface area contributed by atoms with Crippen LogP contribution in [-0.2, 0) is 38.8 Å². The molecule has 1 aliphatic heterocycles. The molecule has 1 unspecified atom stereocenters. The van der Waals surface area contributed by atoms with Crippen LogP contribution in [0.2, 0.25) is 0 Å². The molecule has 0 bridgehead atoms. The molecule has 4 atom stereocenters. The van der Waals surface area contributed by atoms with Crippen LogP contribution in [0.25, 0.3) is 0 Å². The third kappa shape index (κ3) is 6.03. The Balaban J connectivity index is 1.50. The van der Waals surface area contributed by atoms with Crippen molar-refractivity contribution in [2.75, 3.05) is 6.61 Å². The second kappa shape index (κ2) is 10.9. The van der Waals surface area contributed by atoms with Crippen molar-refractivity contribution < 1.29 is 24.1 Å². The largest absolute Gasteiger partial charge is 0.368 e. The summed E-state index contributed by atoms with van der Waals surface area (Å²) in [6.45, 7) is 2.98. The minimum atomic E-state index is -1.50. The van der Waals surface area contributed by atoms with E-state index in [9.17, 15) is 5.11 Å². The maximum Gasteiger partial charge on any atom is 0.192 e. The lowest BCUT2D eigenvalue weighted by Crippen LogP contribution is -2.61. The lowest BCUT2D eigenvalue weighted by atomic mass is 9.97. The van der Waals surface area contributed by atoms with Crippen molar-refractivity contribution in [1.29, 1.82) is 0 Å². The lowest BCUT2D eigenvalue weighted by Gasteiger charge is -2.45. The van der Waals surface area contributed by atoms with Gasteiger partial charge < -0.3 is 24.1 Å². The topological polar surface area (TPSA) is 57.2 Å². The van der Waals surface area contributed by atoms with E-state index in [1.54, 1.807) is 6.92 Å². The van der Waals surface area contributed by atoms with Crippen LogP contribution >= 0.6 is 0 Å². The zero-order chi connectivity index (χ0) is 22.2. The van der Waals surface area contributed by atoms with Gasteiger partial charge in [-0.15, -0.1) is 0 Å². The third-order valence-corrected chi connectivity index (χ3v) is 5.60. The Morgan fingerprint density at radius 3 is 1.66 bits per heavy atom. The van der Waals surface area contributed by atoms with Gasteiger partial charge in [0.15, 0.2) is 5.79 Å². The standard InChI is InChI=1S/C27H30O5/c1-27(28)26(31-19-23-15-9-4-10-16-23)25(30-18-22-13-7-3-8-14-22)24(20-32-27)29-17-21-11-5-2-6-12-21/h2-16,24-26,28H,17-20H2,1H3/t24-,25-,26+,27?/m0/s1. The first-order chi connectivity index (χ1) is 15.6. The molecular weight excluding hydrogens is 404 g/mol. The van der Waals surface area contributed by atoms with Crippen LogP contribution in [-0.4, -0.2) is 35.8 Å². The molecule has 4 rings (SSSR count). The molecule has 1 heterocycles. The highest BCUT2D eigenvalue weighted by Gasteiger charge is 2.49. The summed E-state index contributed by atoms with van der Waals surface area (Å²) in [5.41, 5.74) is 3.12. The molecule has 1 N–H and O–H groups in total. The number of benzene rings is 3. The van der Waals surface area contributed by atoms with Crippen molar-refractivity contribution in [3.05, 3.63) is 108 Å². The molecule has 0 saturated carbocycles. The summed E-state index contributed by atoms with van der Waals surface area (Å²) >= 11 is 0. The second-order valence-electron chi connectivity index (χ2n) is 8.18. The molecule has 1 fully saturated rings. The quantitative estimate of drug-likeness (QED) is 0.538. The molecule has 32 heavy (non-hydrogen) atoms. The third-order valence-electron chi connectivity index (χ3n) is 5.60. The number of ether oxygens (including phenoxy) is 4. The van der Waals surface area contributed by atoms with Crippen molar-refractivity contribution in [2.45, 2.75) is 50.8 Å². The molecule has 1 saturated heterocycles. The van der Waals surface area contributed by atoms with Gasteiger partial charge in [-0.05, 0) is 23.6 Å². The molecule has 5 nitrogen and oxygen atoms in total. The van der Waals surface area contributed by atoms with E-state index in [-0.39, 0.29) is 12.7 Å². The average molecular weight is 435 g/mol. The first-order valence-electron chi connectivity index (χ1n) is 10.9. The fourth-order valence-corrected chi connectivity index (χ4v) is 3.82. The van der Waals surface area contributed by atoms with E-state index in [0.717, 1.165) is 16.7 Å². The van der Waals surface area contributed by atoms with Gasteiger partial charge in [0, 0.05) is 0 Å². The van der Waals surface area contributed by atoms with Crippen molar-refractivity contribution >= 4 is 0 Å². The van der Waals surface area contributed by atoms with Gasteiger partial charge in [-0.1, -0.05) is 91.0 Å². The van der Waals surface area contributed by atoms with Crippen LogP contribution in [0.15, 0.2) is 91.0 Å². The molecule has 5 heteroatoms. The molecule has 0 radical (unpaired) electrons. The van der Waals surface area contributed by atoms with Crippen molar-refractivity contribution in [3.8, 4) is 0 Å². The van der Waals surface area contributed by atoms with Gasteiger partial charge in [-0.2, -0.15) is 0 Å². The van der Waals surface area contributed by atoms with Crippen LogP contribution < -0.4 is 0 Å². The van der Waals surface area contributed by atoms with E-state index >= 15 is 0 Å². The fourth-order valence-electron chi connectivity index (χ4n) is 3.82. The Kier molecular flexibility index (Phi) is 7.68. The number of rotatable bonds is 9. The van der Waals surface area contributed by atoms with Crippen LogP contribution in [0.4, 0.5) is 0 Å². The van der Waals surface area contributed by atoms with Crippen molar-refractivity contribution in [3.63, 3.8) is 0 Å². The maximum absolute atomic E-state index is 11.0. The van der Waals surface area contributed by atoms with Gasteiger partial charge in [0.1, 0.15) is 18.3 Å². The highest BCUT2D eigenvalue weighted by molar-refractivity contribution is 5.15. The Bertz CT molecular complexity index is 930. The van der Waals surface area contributed by atoms with Gasteiger partial charge in [0.25, 0.3) is 0 Å². The minimum Gasteiger partial charge on any atom is -0.368 e. The van der Waals surface area contributed by atoms with Crippen molar-refractivity contribution in [1.82, 2.24) is 0 Å². The average Bonchev–Trinajstić information content (AvgIpc) is 2.83. The highest BCUT2D eigenvalue weighted by Crippen LogP contribution is 2.31. The Hall–Kier alpha value is -2.54. The van der Waals surface area contributed by atoms with E-state index < -0.39 is 18.0 Å². The fraction of sp³-hybridized carbons (Fsp3) is 0.333. The second-order valence-corrected chi connectivity index (χ2v) is 8.18. The van der Waals surface area contributed by atoms with E-state index in [4.69, 9.17) is 18.9 Å². The molecule has 168 valence electrons.